The average molecular weight is 422 g/mol. The van der Waals surface area contributed by atoms with Crippen LogP contribution in [0.5, 0.6) is 11.5 Å². The zero-order valence-corrected chi connectivity index (χ0v) is 18.7. The Morgan fingerprint density at radius 2 is 1.97 bits per heavy atom. The Morgan fingerprint density at radius 1 is 1.23 bits per heavy atom. The number of aryl methyl sites for hydroxylation is 2. The Labute approximate surface area is 183 Å². The fourth-order valence-corrected chi connectivity index (χ4v) is 4.83. The van der Waals surface area contributed by atoms with Gasteiger partial charge in [-0.15, -0.1) is 0 Å². The van der Waals surface area contributed by atoms with Crippen molar-refractivity contribution >= 4 is 11.6 Å². The van der Waals surface area contributed by atoms with Gasteiger partial charge in [-0.3, -0.25) is 15.1 Å². The predicted octanol–water partition coefficient (Wildman–Crippen LogP) is 3.88. The fourth-order valence-electron chi connectivity index (χ4n) is 4.83. The van der Waals surface area contributed by atoms with Crippen molar-refractivity contribution in [3.8, 4) is 11.5 Å². The minimum Gasteiger partial charge on any atom is -0.504 e. The Morgan fingerprint density at radius 3 is 2.61 bits per heavy atom. The molecule has 1 fully saturated rings. The first kappa shape index (κ1) is 21.4. The number of piperidine rings is 1. The third-order valence-corrected chi connectivity index (χ3v) is 6.54. The van der Waals surface area contributed by atoms with Gasteiger partial charge in [0.1, 0.15) is 5.66 Å². The maximum Gasteiger partial charge on any atom is 0.219 e. The molecule has 1 spiro atoms. The summed E-state index contributed by atoms with van der Waals surface area (Å²) < 4.78 is 5.35. The highest BCUT2D eigenvalue weighted by Crippen LogP contribution is 2.40. The second-order valence-electron chi connectivity index (χ2n) is 8.71. The Hall–Kier alpha value is -2.86. The number of hydrogen-bond donors (Lipinski definition) is 2. The van der Waals surface area contributed by atoms with E-state index in [1.807, 2.05) is 17.0 Å². The third-order valence-electron chi connectivity index (χ3n) is 6.54. The third kappa shape index (κ3) is 4.17. The van der Waals surface area contributed by atoms with Gasteiger partial charge in [-0.25, -0.2) is 0 Å². The summed E-state index contributed by atoms with van der Waals surface area (Å²) in [5.74, 6) is 0.738. The molecule has 6 heteroatoms. The monoisotopic (exact) mass is 421 g/mol. The lowest BCUT2D eigenvalue weighted by atomic mass is 9.86. The van der Waals surface area contributed by atoms with E-state index in [0.29, 0.717) is 25.3 Å². The number of hydrogen-bond acceptors (Lipinski definition) is 5. The zero-order chi connectivity index (χ0) is 22.2. The van der Waals surface area contributed by atoms with Gasteiger partial charge in [0.05, 0.1) is 7.11 Å². The van der Waals surface area contributed by atoms with Gasteiger partial charge in [0, 0.05) is 56.6 Å². The minimum absolute atomic E-state index is 0.103. The minimum atomic E-state index is -0.461. The van der Waals surface area contributed by atoms with E-state index in [2.05, 4.69) is 37.4 Å². The summed E-state index contributed by atoms with van der Waals surface area (Å²) >= 11 is 0. The lowest BCUT2D eigenvalue weighted by Crippen LogP contribution is -2.56. The van der Waals surface area contributed by atoms with Gasteiger partial charge >= 0.3 is 0 Å². The summed E-state index contributed by atoms with van der Waals surface area (Å²) in [6.07, 6.45) is 2.15. The van der Waals surface area contributed by atoms with E-state index in [-0.39, 0.29) is 17.7 Å². The van der Waals surface area contributed by atoms with E-state index in [1.54, 1.807) is 20.1 Å². The Balaban J connectivity index is 1.75. The maximum absolute atomic E-state index is 11.9. The second kappa shape index (κ2) is 8.35. The van der Waals surface area contributed by atoms with E-state index in [9.17, 15) is 9.90 Å². The summed E-state index contributed by atoms with van der Waals surface area (Å²) in [5.41, 5.74) is 4.96. The average Bonchev–Trinajstić information content (AvgIpc) is 2.74. The summed E-state index contributed by atoms with van der Waals surface area (Å²) in [6.45, 7) is 7.17. The van der Waals surface area contributed by atoms with Gasteiger partial charge in [0.25, 0.3) is 0 Å². The molecule has 31 heavy (non-hydrogen) atoms. The zero-order valence-electron chi connectivity index (χ0n) is 18.7. The molecule has 6 nitrogen and oxygen atoms in total. The molecule has 2 N–H and O–H groups in total. The molecule has 1 amide bonds. The highest BCUT2D eigenvalue weighted by Gasteiger charge is 2.41. The van der Waals surface area contributed by atoms with Crippen LogP contribution >= 0.6 is 0 Å². The van der Waals surface area contributed by atoms with Gasteiger partial charge in [-0.1, -0.05) is 35.9 Å². The second-order valence-corrected chi connectivity index (χ2v) is 8.71. The van der Waals surface area contributed by atoms with Gasteiger partial charge < -0.3 is 14.7 Å². The molecule has 1 saturated heterocycles. The molecule has 2 aromatic carbocycles. The van der Waals surface area contributed by atoms with Crippen molar-refractivity contribution in [1.29, 1.82) is 0 Å². The number of carbonyl (C=O) groups is 1. The lowest BCUT2D eigenvalue weighted by molar-refractivity contribution is -0.130. The van der Waals surface area contributed by atoms with Crippen LogP contribution in [0, 0.1) is 13.8 Å². The highest BCUT2D eigenvalue weighted by molar-refractivity contribution is 6.03. The smallest absolute Gasteiger partial charge is 0.219 e. The maximum atomic E-state index is 11.9. The number of benzene rings is 2. The standard InChI is InChI=1S/C25H31N3O3/c1-16-8-9-19(17(2)14-16)21-15-22(20-6-5-7-23(31-4)24(20)30)27-25(26-21)10-12-28(13-11-25)18(3)29/h5-9,14,22,27,30H,10-13,15H2,1-4H3/t22-/m0/s1. The number of methoxy groups -OCH3 is 1. The number of amides is 1. The fraction of sp³-hybridized carbons (Fsp3) is 0.440. The van der Waals surface area contributed by atoms with Crippen LogP contribution in [0.15, 0.2) is 41.4 Å². The first-order valence-electron chi connectivity index (χ1n) is 10.9. The van der Waals surface area contributed by atoms with Gasteiger partial charge in [-0.2, -0.15) is 0 Å². The van der Waals surface area contributed by atoms with Crippen molar-refractivity contribution in [2.45, 2.75) is 51.7 Å². The molecule has 2 heterocycles. The molecule has 0 aromatic heterocycles. The molecule has 1 atom stereocenters. The number of likely N-dealkylation sites (tertiary alicyclic amines) is 1. The molecule has 2 aliphatic heterocycles. The van der Waals surface area contributed by atoms with E-state index in [4.69, 9.17) is 9.73 Å². The van der Waals surface area contributed by atoms with Gasteiger partial charge in [0.15, 0.2) is 11.5 Å². The Bertz CT molecular complexity index is 1020. The number of carbonyl (C=O) groups excluding carboxylic acids is 1. The number of nitrogens with one attached hydrogen (secondary N) is 1. The number of para-hydroxylation sites is 1. The van der Waals surface area contributed by atoms with Crippen LogP contribution in [0.2, 0.25) is 0 Å². The quantitative estimate of drug-likeness (QED) is 0.789. The molecule has 2 aromatic rings. The van der Waals surface area contributed by atoms with Crippen LogP contribution < -0.4 is 10.1 Å². The topological polar surface area (TPSA) is 74.2 Å². The number of rotatable bonds is 3. The van der Waals surface area contributed by atoms with Crippen LogP contribution in [0.3, 0.4) is 0 Å². The number of aliphatic imine (C=N–C) groups is 1. The molecule has 0 saturated carbocycles. The molecule has 164 valence electrons. The number of nitrogens with zero attached hydrogens (tertiary/aromatic N) is 2. The molecule has 0 bridgehead atoms. The van der Waals surface area contributed by atoms with Crippen molar-refractivity contribution in [2.24, 2.45) is 4.99 Å². The molecule has 4 rings (SSSR count). The summed E-state index contributed by atoms with van der Waals surface area (Å²) in [4.78, 5) is 19.0. The number of aromatic hydroxyl groups is 1. The molecule has 2 aliphatic rings. The SMILES string of the molecule is COc1cccc([C@@H]2CC(c3ccc(C)cc3C)=NC3(CCN(C(C)=O)CC3)N2)c1O. The molecule has 0 unspecified atom stereocenters. The van der Waals surface area contributed by atoms with E-state index < -0.39 is 5.66 Å². The largest absolute Gasteiger partial charge is 0.504 e. The van der Waals surface area contributed by atoms with Crippen molar-refractivity contribution in [3.63, 3.8) is 0 Å². The number of phenolic OH excluding ortho intramolecular Hbond substituents is 1. The van der Waals surface area contributed by atoms with Crippen molar-refractivity contribution in [3.05, 3.63) is 58.7 Å². The van der Waals surface area contributed by atoms with Crippen molar-refractivity contribution < 1.29 is 14.6 Å². The molecule has 0 radical (unpaired) electrons. The molecular weight excluding hydrogens is 390 g/mol. The highest BCUT2D eigenvalue weighted by atomic mass is 16.5. The number of phenols is 1. The van der Waals surface area contributed by atoms with Crippen molar-refractivity contribution in [2.75, 3.05) is 20.2 Å². The lowest BCUT2D eigenvalue weighted by Gasteiger charge is -2.45. The molecule has 0 aliphatic carbocycles. The van der Waals surface area contributed by atoms with E-state index >= 15 is 0 Å². The first-order chi connectivity index (χ1) is 14.8. The Kier molecular flexibility index (Phi) is 5.75. The van der Waals surface area contributed by atoms with E-state index in [0.717, 1.165) is 29.7 Å². The first-order valence-corrected chi connectivity index (χ1v) is 10.9. The van der Waals surface area contributed by atoms with Gasteiger partial charge in [0.2, 0.25) is 5.91 Å². The number of ether oxygens (including phenoxy) is 1. The summed E-state index contributed by atoms with van der Waals surface area (Å²) in [5, 5.41) is 14.6. The summed E-state index contributed by atoms with van der Waals surface area (Å²) in [6, 6.07) is 12.0. The van der Waals surface area contributed by atoms with Crippen LogP contribution in [0.1, 0.15) is 54.5 Å². The normalized spacial score (nSPS) is 20.5. The van der Waals surface area contributed by atoms with Crippen LogP contribution in [-0.2, 0) is 4.79 Å². The van der Waals surface area contributed by atoms with Crippen LogP contribution in [0.4, 0.5) is 0 Å². The van der Waals surface area contributed by atoms with E-state index in [1.165, 1.54) is 11.1 Å². The van der Waals surface area contributed by atoms with Crippen molar-refractivity contribution in [1.82, 2.24) is 10.2 Å². The van der Waals surface area contributed by atoms with Crippen LogP contribution in [0.25, 0.3) is 0 Å². The van der Waals surface area contributed by atoms with Crippen LogP contribution in [-0.4, -0.2) is 47.5 Å². The van der Waals surface area contributed by atoms with Gasteiger partial charge in [-0.05, 0) is 31.0 Å². The summed E-state index contributed by atoms with van der Waals surface area (Å²) in [7, 11) is 1.56. The molecular formula is C25H31N3O3. The predicted molar refractivity (Wildman–Crippen MR) is 122 cm³/mol.